The van der Waals surface area contributed by atoms with Crippen LogP contribution in [0.25, 0.3) is 11.0 Å². The van der Waals surface area contributed by atoms with Crippen molar-refractivity contribution < 1.29 is 24.3 Å². The van der Waals surface area contributed by atoms with E-state index in [1.807, 2.05) is 12.1 Å². The lowest BCUT2D eigenvalue weighted by Crippen LogP contribution is -2.34. The van der Waals surface area contributed by atoms with Gasteiger partial charge in [-0.3, -0.25) is 0 Å². The molecule has 1 saturated heterocycles. The van der Waals surface area contributed by atoms with E-state index < -0.39 is 11.9 Å². The number of carboxylic acid groups (broad SMARTS) is 2. The Bertz CT molecular complexity index is 1000. The van der Waals surface area contributed by atoms with Gasteiger partial charge in [0.1, 0.15) is 0 Å². The van der Waals surface area contributed by atoms with Crippen LogP contribution in [0.5, 0.6) is 0 Å². The van der Waals surface area contributed by atoms with Crippen LogP contribution in [0, 0.1) is 0 Å². The van der Waals surface area contributed by atoms with E-state index in [0.29, 0.717) is 18.1 Å². The SMILES string of the molecule is O=C(O)/C=C/C(=O)O.c1ccc(CCN2CCC(c3noc4ccccc34)CC2)cc1. The molecule has 162 valence electrons. The number of hydrogen-bond donors (Lipinski definition) is 2. The number of nitrogens with zero attached hydrogens (tertiary/aromatic N) is 2. The summed E-state index contributed by atoms with van der Waals surface area (Å²) in [5, 5.41) is 21.2. The van der Waals surface area contributed by atoms with Crippen LogP contribution in [-0.2, 0) is 16.0 Å². The molecular weight excluding hydrogens is 396 g/mol. The molecule has 31 heavy (non-hydrogen) atoms. The second-order valence-corrected chi connectivity index (χ2v) is 7.43. The van der Waals surface area contributed by atoms with Gasteiger partial charge >= 0.3 is 11.9 Å². The van der Waals surface area contributed by atoms with Crippen LogP contribution in [0.15, 0.2) is 71.3 Å². The van der Waals surface area contributed by atoms with E-state index in [9.17, 15) is 9.59 Å². The van der Waals surface area contributed by atoms with E-state index in [0.717, 1.165) is 37.3 Å². The first-order chi connectivity index (χ1) is 15.0. The fourth-order valence-corrected chi connectivity index (χ4v) is 3.70. The maximum Gasteiger partial charge on any atom is 0.328 e. The highest BCUT2D eigenvalue weighted by molar-refractivity contribution is 5.89. The summed E-state index contributed by atoms with van der Waals surface area (Å²) >= 11 is 0. The van der Waals surface area contributed by atoms with Gasteiger partial charge in [0.15, 0.2) is 5.58 Å². The normalized spacial score (nSPS) is 15.0. The minimum absolute atomic E-state index is 0.534. The van der Waals surface area contributed by atoms with Crippen molar-refractivity contribution in [2.75, 3.05) is 19.6 Å². The molecule has 0 saturated carbocycles. The molecule has 0 spiro atoms. The topological polar surface area (TPSA) is 104 Å². The monoisotopic (exact) mass is 422 g/mol. The fraction of sp³-hybridized carbons (Fsp3) is 0.292. The number of aromatic nitrogens is 1. The second-order valence-electron chi connectivity index (χ2n) is 7.43. The summed E-state index contributed by atoms with van der Waals surface area (Å²) < 4.78 is 5.47. The van der Waals surface area contributed by atoms with Crippen molar-refractivity contribution in [3.8, 4) is 0 Å². The largest absolute Gasteiger partial charge is 0.478 e. The fourth-order valence-electron chi connectivity index (χ4n) is 3.70. The molecule has 1 fully saturated rings. The number of para-hydroxylation sites is 1. The number of benzene rings is 2. The number of piperidine rings is 1. The van der Waals surface area contributed by atoms with Crippen molar-refractivity contribution in [2.45, 2.75) is 25.2 Å². The average molecular weight is 422 g/mol. The molecule has 0 bridgehead atoms. The van der Waals surface area contributed by atoms with Crippen LogP contribution in [-0.4, -0.2) is 51.8 Å². The molecule has 1 aliphatic heterocycles. The van der Waals surface area contributed by atoms with Crippen LogP contribution in [0.2, 0.25) is 0 Å². The summed E-state index contributed by atoms with van der Waals surface area (Å²) in [6, 6.07) is 19.0. The van der Waals surface area contributed by atoms with Crippen molar-refractivity contribution in [3.63, 3.8) is 0 Å². The van der Waals surface area contributed by atoms with Gasteiger partial charge in [0.05, 0.1) is 5.69 Å². The number of aliphatic carboxylic acids is 2. The highest BCUT2D eigenvalue weighted by Crippen LogP contribution is 2.32. The third-order valence-corrected chi connectivity index (χ3v) is 5.31. The van der Waals surface area contributed by atoms with Gasteiger partial charge in [-0.25, -0.2) is 9.59 Å². The Morgan fingerprint density at radius 1 is 0.968 bits per heavy atom. The summed E-state index contributed by atoms with van der Waals surface area (Å²) in [4.78, 5) is 21.7. The number of carboxylic acids is 2. The van der Waals surface area contributed by atoms with Gasteiger partial charge in [0, 0.05) is 30.0 Å². The molecule has 3 aromatic rings. The minimum Gasteiger partial charge on any atom is -0.478 e. The molecular formula is C24H26N2O5. The van der Waals surface area contributed by atoms with Gasteiger partial charge in [0.2, 0.25) is 0 Å². The number of carbonyl (C=O) groups is 2. The molecule has 2 heterocycles. The van der Waals surface area contributed by atoms with Crippen molar-refractivity contribution in [1.82, 2.24) is 10.1 Å². The summed E-state index contributed by atoms with van der Waals surface area (Å²) in [6.45, 7) is 3.45. The molecule has 2 aromatic carbocycles. The van der Waals surface area contributed by atoms with Gasteiger partial charge in [0.25, 0.3) is 0 Å². The van der Waals surface area contributed by atoms with Crippen LogP contribution in [0.4, 0.5) is 0 Å². The lowest BCUT2D eigenvalue weighted by Gasteiger charge is -2.31. The summed E-state index contributed by atoms with van der Waals surface area (Å²) in [5.41, 5.74) is 3.49. The van der Waals surface area contributed by atoms with Crippen molar-refractivity contribution in [3.05, 3.63) is 78.0 Å². The first-order valence-electron chi connectivity index (χ1n) is 10.3. The molecule has 0 aliphatic carbocycles. The van der Waals surface area contributed by atoms with Gasteiger partial charge in [-0.15, -0.1) is 0 Å². The number of rotatable bonds is 6. The van der Waals surface area contributed by atoms with Crippen LogP contribution in [0.1, 0.15) is 30.0 Å². The third-order valence-electron chi connectivity index (χ3n) is 5.31. The molecule has 0 atom stereocenters. The van der Waals surface area contributed by atoms with E-state index in [4.69, 9.17) is 14.7 Å². The Labute approximate surface area is 180 Å². The Morgan fingerprint density at radius 2 is 1.58 bits per heavy atom. The number of fused-ring (bicyclic) bond motifs is 1. The average Bonchev–Trinajstić information content (AvgIpc) is 3.22. The van der Waals surface area contributed by atoms with Crippen molar-refractivity contribution >= 4 is 22.9 Å². The Morgan fingerprint density at radius 3 is 2.23 bits per heavy atom. The lowest BCUT2D eigenvalue weighted by atomic mass is 9.91. The standard InChI is InChI=1S/C20H22N2O.C4H4O4/c1-2-6-16(7-3-1)10-13-22-14-11-17(12-15-22)20-18-8-4-5-9-19(18)23-21-20;5-3(6)1-2-4(7)8/h1-9,17H,10-15H2;1-2H,(H,5,6)(H,7,8)/b;2-1+. The van der Waals surface area contributed by atoms with Crippen LogP contribution < -0.4 is 0 Å². The summed E-state index contributed by atoms with van der Waals surface area (Å²) in [6.07, 6.45) is 4.60. The maximum atomic E-state index is 9.55. The molecule has 7 heteroatoms. The van der Waals surface area contributed by atoms with E-state index in [1.54, 1.807) is 0 Å². The quantitative estimate of drug-likeness (QED) is 0.580. The first kappa shape index (κ1) is 22.2. The maximum absolute atomic E-state index is 9.55. The Hall–Kier alpha value is -3.45. The van der Waals surface area contributed by atoms with Crippen LogP contribution in [0.3, 0.4) is 0 Å². The molecule has 0 amide bonds. The number of hydrogen-bond acceptors (Lipinski definition) is 5. The molecule has 0 radical (unpaired) electrons. The predicted molar refractivity (Wildman–Crippen MR) is 117 cm³/mol. The lowest BCUT2D eigenvalue weighted by molar-refractivity contribution is -0.134. The molecule has 1 aromatic heterocycles. The van der Waals surface area contributed by atoms with Crippen molar-refractivity contribution in [1.29, 1.82) is 0 Å². The highest BCUT2D eigenvalue weighted by Gasteiger charge is 2.24. The van der Waals surface area contributed by atoms with Gasteiger partial charge in [-0.05, 0) is 50.0 Å². The zero-order chi connectivity index (χ0) is 22.1. The zero-order valence-electron chi connectivity index (χ0n) is 17.2. The second kappa shape index (κ2) is 11.1. The zero-order valence-corrected chi connectivity index (χ0v) is 17.2. The smallest absolute Gasteiger partial charge is 0.328 e. The highest BCUT2D eigenvalue weighted by atomic mass is 16.5. The van der Waals surface area contributed by atoms with E-state index in [2.05, 4.69) is 52.5 Å². The molecule has 7 nitrogen and oxygen atoms in total. The molecule has 1 aliphatic rings. The molecule has 0 unspecified atom stereocenters. The summed E-state index contributed by atoms with van der Waals surface area (Å²) in [5.74, 6) is -1.98. The first-order valence-corrected chi connectivity index (χ1v) is 10.3. The van der Waals surface area contributed by atoms with E-state index >= 15 is 0 Å². The minimum atomic E-state index is -1.26. The van der Waals surface area contributed by atoms with Gasteiger partial charge in [-0.1, -0.05) is 47.6 Å². The van der Waals surface area contributed by atoms with Crippen LogP contribution >= 0.6 is 0 Å². The predicted octanol–water partition coefficient (Wildman–Crippen LogP) is 3.96. The van der Waals surface area contributed by atoms with Gasteiger partial charge < -0.3 is 19.6 Å². The van der Waals surface area contributed by atoms with E-state index in [-0.39, 0.29) is 0 Å². The Balaban J connectivity index is 0.000000293. The third kappa shape index (κ3) is 6.79. The van der Waals surface area contributed by atoms with Gasteiger partial charge in [-0.2, -0.15) is 0 Å². The molecule has 4 rings (SSSR count). The number of likely N-dealkylation sites (tertiary alicyclic amines) is 1. The summed E-state index contributed by atoms with van der Waals surface area (Å²) in [7, 11) is 0. The molecule has 2 N–H and O–H groups in total. The van der Waals surface area contributed by atoms with Crippen molar-refractivity contribution in [2.24, 2.45) is 0 Å². The Kier molecular flexibility index (Phi) is 7.95. The van der Waals surface area contributed by atoms with E-state index in [1.165, 1.54) is 23.8 Å².